The fourth-order valence-electron chi connectivity index (χ4n) is 2.22. The summed E-state index contributed by atoms with van der Waals surface area (Å²) in [4.78, 5) is 0. The Labute approximate surface area is 127 Å². The molecular weight excluding hydrogens is 326 g/mol. The molecule has 3 nitrogen and oxygen atoms in total. The third-order valence-electron chi connectivity index (χ3n) is 3.16. The fraction of sp³-hybridized carbons (Fsp3) is 0.357. The highest BCUT2D eigenvalue weighted by atomic mass is 79.9. The number of aryl methyl sites for hydroxylation is 2. The molecule has 2 aromatic rings. The molecule has 0 bridgehead atoms. The third-order valence-corrected chi connectivity index (χ3v) is 4.10. The van der Waals surface area contributed by atoms with Crippen molar-refractivity contribution < 1.29 is 0 Å². The van der Waals surface area contributed by atoms with E-state index in [9.17, 15) is 0 Å². The van der Waals surface area contributed by atoms with Gasteiger partial charge in [0.1, 0.15) is 0 Å². The predicted octanol–water partition coefficient (Wildman–Crippen LogP) is 3.94. The highest BCUT2D eigenvalue weighted by Crippen LogP contribution is 2.32. The van der Waals surface area contributed by atoms with Gasteiger partial charge in [0.15, 0.2) is 0 Å². The minimum atomic E-state index is 0.0184. The first-order valence-corrected chi connectivity index (χ1v) is 7.40. The first-order chi connectivity index (χ1) is 9.08. The van der Waals surface area contributed by atoms with Crippen LogP contribution in [0.4, 0.5) is 0 Å². The van der Waals surface area contributed by atoms with Crippen LogP contribution in [0.15, 0.2) is 28.9 Å². The molecule has 0 saturated carbocycles. The lowest BCUT2D eigenvalue weighted by Crippen LogP contribution is -2.22. The number of hydrogen-bond acceptors (Lipinski definition) is 2. The molecule has 0 aliphatic heterocycles. The smallest absolute Gasteiger partial charge is 0.0771 e. The summed E-state index contributed by atoms with van der Waals surface area (Å²) in [7, 11) is 1.93. The Morgan fingerprint density at radius 2 is 2.21 bits per heavy atom. The number of rotatable bonds is 4. The summed E-state index contributed by atoms with van der Waals surface area (Å²) in [6.45, 7) is 4.94. The van der Waals surface area contributed by atoms with E-state index in [0.29, 0.717) is 0 Å². The van der Waals surface area contributed by atoms with Gasteiger partial charge in [0, 0.05) is 11.6 Å². The lowest BCUT2D eigenvalue weighted by atomic mass is 10.0. The van der Waals surface area contributed by atoms with Gasteiger partial charge < -0.3 is 5.32 Å². The summed E-state index contributed by atoms with van der Waals surface area (Å²) < 4.78 is 2.96. The van der Waals surface area contributed by atoms with Crippen LogP contribution in [0.5, 0.6) is 0 Å². The number of aromatic nitrogens is 2. The summed E-state index contributed by atoms with van der Waals surface area (Å²) in [5.41, 5.74) is 3.31. The summed E-state index contributed by atoms with van der Waals surface area (Å²) in [5.74, 6) is 0. The molecule has 0 spiro atoms. The summed E-state index contributed by atoms with van der Waals surface area (Å²) in [5, 5.41) is 8.46. The zero-order chi connectivity index (χ0) is 14.0. The molecular formula is C14H17BrClN3. The van der Waals surface area contributed by atoms with Crippen molar-refractivity contribution in [1.29, 1.82) is 0 Å². The van der Waals surface area contributed by atoms with E-state index < -0.39 is 0 Å². The standard InChI is InChI=1S/C14H17BrClN3/c1-4-19-14(11(15)8-18-19)13(17-3)10-6-5-9(2)7-12(10)16/h5-8,13,17H,4H2,1-3H3. The van der Waals surface area contributed by atoms with E-state index in [1.165, 1.54) is 0 Å². The van der Waals surface area contributed by atoms with E-state index in [-0.39, 0.29) is 6.04 Å². The Morgan fingerprint density at radius 3 is 2.79 bits per heavy atom. The Balaban J connectivity index is 2.52. The molecule has 102 valence electrons. The van der Waals surface area contributed by atoms with Crippen LogP contribution >= 0.6 is 27.5 Å². The maximum absolute atomic E-state index is 6.38. The maximum atomic E-state index is 6.38. The van der Waals surface area contributed by atoms with Gasteiger partial charge in [-0.05, 0) is 54.0 Å². The Kier molecular flexibility index (Phi) is 4.66. The Morgan fingerprint density at radius 1 is 1.47 bits per heavy atom. The molecule has 1 aromatic carbocycles. The molecule has 0 aliphatic rings. The average Bonchev–Trinajstić information content (AvgIpc) is 2.74. The van der Waals surface area contributed by atoms with Crippen molar-refractivity contribution in [1.82, 2.24) is 15.1 Å². The number of nitrogens with one attached hydrogen (secondary N) is 1. The van der Waals surface area contributed by atoms with Crippen LogP contribution in [0, 0.1) is 6.92 Å². The van der Waals surface area contributed by atoms with Gasteiger partial charge >= 0.3 is 0 Å². The molecule has 0 amide bonds. The van der Waals surface area contributed by atoms with Gasteiger partial charge in [-0.3, -0.25) is 4.68 Å². The predicted molar refractivity (Wildman–Crippen MR) is 82.7 cm³/mol. The van der Waals surface area contributed by atoms with Crippen LogP contribution in [0.1, 0.15) is 29.8 Å². The maximum Gasteiger partial charge on any atom is 0.0771 e. The lowest BCUT2D eigenvalue weighted by Gasteiger charge is -2.20. The van der Waals surface area contributed by atoms with Gasteiger partial charge in [-0.25, -0.2) is 0 Å². The van der Waals surface area contributed by atoms with Crippen molar-refractivity contribution >= 4 is 27.5 Å². The zero-order valence-electron chi connectivity index (χ0n) is 11.2. The van der Waals surface area contributed by atoms with Crippen molar-refractivity contribution in [2.75, 3.05) is 7.05 Å². The van der Waals surface area contributed by atoms with E-state index in [0.717, 1.165) is 32.9 Å². The largest absolute Gasteiger partial charge is 0.308 e. The second-order valence-corrected chi connectivity index (χ2v) is 5.70. The minimum Gasteiger partial charge on any atom is -0.308 e. The monoisotopic (exact) mass is 341 g/mol. The molecule has 5 heteroatoms. The third kappa shape index (κ3) is 2.86. The number of hydrogen-bond donors (Lipinski definition) is 1. The van der Waals surface area contributed by atoms with Gasteiger partial charge in [-0.1, -0.05) is 23.7 Å². The number of benzene rings is 1. The second-order valence-electron chi connectivity index (χ2n) is 4.44. The highest BCUT2D eigenvalue weighted by Gasteiger charge is 2.22. The van der Waals surface area contributed by atoms with E-state index in [4.69, 9.17) is 11.6 Å². The van der Waals surface area contributed by atoms with E-state index in [1.807, 2.05) is 30.9 Å². The molecule has 19 heavy (non-hydrogen) atoms. The quantitative estimate of drug-likeness (QED) is 0.912. The zero-order valence-corrected chi connectivity index (χ0v) is 13.6. The van der Waals surface area contributed by atoms with Gasteiger partial charge in [0.05, 0.1) is 22.4 Å². The van der Waals surface area contributed by atoms with Crippen LogP contribution < -0.4 is 5.32 Å². The van der Waals surface area contributed by atoms with Crippen molar-refractivity contribution in [3.8, 4) is 0 Å². The molecule has 1 heterocycles. The number of halogens is 2. The molecule has 0 fully saturated rings. The first kappa shape index (κ1) is 14.6. The van der Waals surface area contributed by atoms with Gasteiger partial charge in [-0.2, -0.15) is 5.10 Å². The molecule has 1 N–H and O–H groups in total. The van der Waals surface area contributed by atoms with Crippen LogP contribution in [-0.2, 0) is 6.54 Å². The number of nitrogens with zero attached hydrogens (tertiary/aromatic N) is 2. The second kappa shape index (κ2) is 6.07. The van der Waals surface area contributed by atoms with Gasteiger partial charge in [-0.15, -0.1) is 0 Å². The van der Waals surface area contributed by atoms with E-state index in [2.05, 4.69) is 45.4 Å². The van der Waals surface area contributed by atoms with E-state index >= 15 is 0 Å². The summed E-state index contributed by atoms with van der Waals surface area (Å²) in [6, 6.07) is 6.15. The fourth-order valence-corrected chi connectivity index (χ4v) is 3.09. The van der Waals surface area contributed by atoms with Crippen LogP contribution in [0.25, 0.3) is 0 Å². The molecule has 0 radical (unpaired) electrons. The molecule has 2 rings (SSSR count). The molecule has 1 atom stereocenters. The summed E-state index contributed by atoms with van der Waals surface area (Å²) >= 11 is 9.95. The van der Waals surface area contributed by atoms with Gasteiger partial charge in [0.2, 0.25) is 0 Å². The van der Waals surface area contributed by atoms with Crippen LogP contribution in [0.2, 0.25) is 5.02 Å². The van der Waals surface area contributed by atoms with Crippen molar-refractivity contribution in [3.63, 3.8) is 0 Å². The highest BCUT2D eigenvalue weighted by molar-refractivity contribution is 9.10. The molecule has 1 aromatic heterocycles. The SMILES string of the molecule is CCn1ncc(Br)c1C(NC)c1ccc(C)cc1Cl. The first-order valence-electron chi connectivity index (χ1n) is 6.23. The van der Waals surface area contributed by atoms with Crippen molar-refractivity contribution in [3.05, 3.63) is 50.7 Å². The van der Waals surface area contributed by atoms with Crippen molar-refractivity contribution in [2.24, 2.45) is 0 Å². The molecule has 0 aliphatic carbocycles. The Hall–Kier alpha value is -0.840. The average molecular weight is 343 g/mol. The van der Waals surface area contributed by atoms with E-state index in [1.54, 1.807) is 0 Å². The van der Waals surface area contributed by atoms with Gasteiger partial charge in [0.25, 0.3) is 0 Å². The molecule has 1 unspecified atom stereocenters. The van der Waals surface area contributed by atoms with Crippen LogP contribution in [0.3, 0.4) is 0 Å². The van der Waals surface area contributed by atoms with Crippen LogP contribution in [-0.4, -0.2) is 16.8 Å². The normalized spacial score (nSPS) is 12.7. The molecule has 0 saturated heterocycles. The topological polar surface area (TPSA) is 29.9 Å². The summed E-state index contributed by atoms with van der Waals surface area (Å²) in [6.07, 6.45) is 1.82. The lowest BCUT2D eigenvalue weighted by molar-refractivity contribution is 0.562. The van der Waals surface area contributed by atoms with Crippen molar-refractivity contribution in [2.45, 2.75) is 26.4 Å². The Bertz CT molecular complexity index is 580. The minimum absolute atomic E-state index is 0.0184.